The number of hydrogen-bond donors (Lipinski definition) is 1. The summed E-state index contributed by atoms with van der Waals surface area (Å²) in [5.74, 6) is 0.00872. The molecule has 2 rings (SSSR count). The Morgan fingerprint density at radius 1 is 1.12 bits per heavy atom. The Morgan fingerprint density at radius 2 is 1.81 bits per heavy atom. The molecule has 0 saturated carbocycles. The van der Waals surface area contributed by atoms with Crippen molar-refractivity contribution in [1.29, 1.82) is 0 Å². The second-order valence-corrected chi connectivity index (χ2v) is 6.87. The Kier molecular flexibility index (Phi) is 7.00. The van der Waals surface area contributed by atoms with Crippen LogP contribution in [0.5, 0.6) is 0 Å². The summed E-state index contributed by atoms with van der Waals surface area (Å²) < 4.78 is 5.27. The van der Waals surface area contributed by atoms with Crippen molar-refractivity contribution in [1.82, 2.24) is 9.80 Å². The van der Waals surface area contributed by atoms with Gasteiger partial charge in [-0.1, -0.05) is 19.9 Å². The standard InChI is InChI=1S/C19H27N3O4/c1-14(2)13-26-19(25)22-9-5-8-21(10-11-22)18(24)16-6-4-7-17(12-16)20-15(3)23/h4,6-7,12,14H,5,8-11,13H2,1-3H3,(H,20,23). The van der Waals surface area contributed by atoms with Gasteiger partial charge < -0.3 is 19.9 Å². The van der Waals surface area contributed by atoms with Gasteiger partial charge in [0.1, 0.15) is 0 Å². The minimum absolute atomic E-state index is 0.102. The zero-order valence-electron chi connectivity index (χ0n) is 15.7. The molecular weight excluding hydrogens is 334 g/mol. The van der Waals surface area contributed by atoms with E-state index in [4.69, 9.17) is 4.74 Å². The summed E-state index contributed by atoms with van der Waals surface area (Å²) in [5, 5.41) is 2.68. The minimum Gasteiger partial charge on any atom is -0.449 e. The Hall–Kier alpha value is -2.57. The van der Waals surface area contributed by atoms with Crippen LogP contribution in [0.2, 0.25) is 0 Å². The average molecular weight is 361 g/mol. The van der Waals surface area contributed by atoms with E-state index in [0.29, 0.717) is 56.4 Å². The molecule has 1 heterocycles. The van der Waals surface area contributed by atoms with Gasteiger partial charge in [-0.15, -0.1) is 0 Å². The van der Waals surface area contributed by atoms with Gasteiger partial charge in [0.05, 0.1) is 6.61 Å². The Bertz CT molecular complexity index is 660. The van der Waals surface area contributed by atoms with Gasteiger partial charge in [-0.2, -0.15) is 0 Å². The Labute approximate surface area is 154 Å². The SMILES string of the molecule is CC(=O)Nc1cccc(C(=O)N2CCCN(C(=O)OCC(C)C)CC2)c1. The first-order valence-corrected chi connectivity index (χ1v) is 8.95. The molecule has 0 aromatic heterocycles. The molecule has 1 aromatic rings. The van der Waals surface area contributed by atoms with Crippen LogP contribution in [-0.2, 0) is 9.53 Å². The lowest BCUT2D eigenvalue weighted by Gasteiger charge is -2.22. The predicted molar refractivity (Wildman–Crippen MR) is 99.0 cm³/mol. The molecule has 1 aliphatic heterocycles. The highest BCUT2D eigenvalue weighted by Crippen LogP contribution is 2.15. The van der Waals surface area contributed by atoms with E-state index in [1.165, 1.54) is 6.92 Å². The molecule has 7 heteroatoms. The number of nitrogens with zero attached hydrogens (tertiary/aromatic N) is 2. The summed E-state index contributed by atoms with van der Waals surface area (Å²) in [6.07, 6.45) is 0.383. The molecule has 0 spiro atoms. The van der Waals surface area contributed by atoms with Crippen LogP contribution in [0.25, 0.3) is 0 Å². The van der Waals surface area contributed by atoms with Crippen LogP contribution in [0.15, 0.2) is 24.3 Å². The molecule has 26 heavy (non-hydrogen) atoms. The fraction of sp³-hybridized carbons (Fsp3) is 0.526. The van der Waals surface area contributed by atoms with Gasteiger partial charge in [-0.25, -0.2) is 4.79 Å². The zero-order valence-corrected chi connectivity index (χ0v) is 15.7. The van der Waals surface area contributed by atoms with E-state index in [1.54, 1.807) is 34.1 Å². The number of anilines is 1. The van der Waals surface area contributed by atoms with Gasteiger partial charge >= 0.3 is 6.09 Å². The summed E-state index contributed by atoms with van der Waals surface area (Å²) in [7, 11) is 0. The second kappa shape index (κ2) is 9.22. The van der Waals surface area contributed by atoms with Crippen molar-refractivity contribution < 1.29 is 19.1 Å². The first kappa shape index (κ1) is 19.8. The largest absolute Gasteiger partial charge is 0.449 e. The summed E-state index contributed by atoms with van der Waals surface area (Å²) >= 11 is 0. The molecule has 0 atom stereocenters. The van der Waals surface area contributed by atoms with Crippen LogP contribution in [0.1, 0.15) is 37.6 Å². The van der Waals surface area contributed by atoms with Crippen molar-refractivity contribution in [3.63, 3.8) is 0 Å². The third-order valence-electron chi connectivity index (χ3n) is 4.01. The third kappa shape index (κ3) is 5.75. The summed E-state index contributed by atoms with van der Waals surface area (Å²) in [4.78, 5) is 39.4. The van der Waals surface area contributed by atoms with E-state index in [0.717, 1.165) is 0 Å². The third-order valence-corrected chi connectivity index (χ3v) is 4.01. The molecule has 1 aromatic carbocycles. The molecule has 0 aliphatic carbocycles. The molecule has 0 unspecified atom stereocenters. The van der Waals surface area contributed by atoms with Crippen LogP contribution in [0.4, 0.5) is 10.5 Å². The maximum absolute atomic E-state index is 12.8. The summed E-state index contributed by atoms with van der Waals surface area (Å²) in [5.41, 5.74) is 1.11. The minimum atomic E-state index is -0.319. The molecule has 0 radical (unpaired) electrons. The smallest absolute Gasteiger partial charge is 0.409 e. The lowest BCUT2D eigenvalue weighted by Crippen LogP contribution is -2.38. The first-order chi connectivity index (χ1) is 12.4. The second-order valence-electron chi connectivity index (χ2n) is 6.87. The molecule has 7 nitrogen and oxygen atoms in total. The highest BCUT2D eigenvalue weighted by Gasteiger charge is 2.23. The highest BCUT2D eigenvalue weighted by atomic mass is 16.6. The summed E-state index contributed by atoms with van der Waals surface area (Å²) in [6.45, 7) is 7.87. The van der Waals surface area contributed by atoms with E-state index in [2.05, 4.69) is 5.32 Å². The van der Waals surface area contributed by atoms with E-state index >= 15 is 0 Å². The number of nitrogens with one attached hydrogen (secondary N) is 1. The predicted octanol–water partition coefficient (Wildman–Crippen LogP) is 2.59. The fourth-order valence-electron chi connectivity index (χ4n) is 2.75. The van der Waals surface area contributed by atoms with Gasteiger partial charge in [0.25, 0.3) is 5.91 Å². The van der Waals surface area contributed by atoms with Crippen LogP contribution in [0, 0.1) is 5.92 Å². The molecular formula is C19H27N3O4. The average Bonchev–Trinajstić information content (AvgIpc) is 2.85. The van der Waals surface area contributed by atoms with E-state index in [1.807, 2.05) is 13.8 Å². The number of carbonyl (C=O) groups is 3. The van der Waals surface area contributed by atoms with Gasteiger partial charge in [-0.05, 0) is 30.5 Å². The molecule has 3 amide bonds. The monoisotopic (exact) mass is 361 g/mol. The van der Waals surface area contributed by atoms with E-state index in [-0.39, 0.29) is 17.9 Å². The number of benzene rings is 1. The van der Waals surface area contributed by atoms with Crippen molar-refractivity contribution in [2.24, 2.45) is 5.92 Å². The van der Waals surface area contributed by atoms with Crippen molar-refractivity contribution in [2.45, 2.75) is 27.2 Å². The van der Waals surface area contributed by atoms with Crippen LogP contribution in [-0.4, -0.2) is 60.5 Å². The Morgan fingerprint density at radius 3 is 2.50 bits per heavy atom. The molecule has 1 fully saturated rings. The lowest BCUT2D eigenvalue weighted by molar-refractivity contribution is -0.114. The van der Waals surface area contributed by atoms with Crippen molar-refractivity contribution >= 4 is 23.6 Å². The topological polar surface area (TPSA) is 79.0 Å². The number of ether oxygens (including phenoxy) is 1. The van der Waals surface area contributed by atoms with Gasteiger partial charge in [0.2, 0.25) is 5.91 Å². The number of carbonyl (C=O) groups excluding carboxylic acids is 3. The molecule has 1 N–H and O–H groups in total. The number of rotatable bonds is 4. The van der Waals surface area contributed by atoms with Crippen molar-refractivity contribution in [2.75, 3.05) is 38.1 Å². The van der Waals surface area contributed by atoms with Crippen molar-refractivity contribution in [3.8, 4) is 0 Å². The molecule has 0 bridgehead atoms. The highest BCUT2D eigenvalue weighted by molar-refractivity contribution is 5.96. The molecule has 1 saturated heterocycles. The van der Waals surface area contributed by atoms with Crippen LogP contribution in [0.3, 0.4) is 0 Å². The van der Waals surface area contributed by atoms with Gasteiger partial charge in [0.15, 0.2) is 0 Å². The molecule has 142 valence electrons. The Balaban J connectivity index is 1.97. The van der Waals surface area contributed by atoms with Crippen molar-refractivity contribution in [3.05, 3.63) is 29.8 Å². The van der Waals surface area contributed by atoms with E-state index < -0.39 is 0 Å². The summed E-state index contributed by atoms with van der Waals surface area (Å²) in [6, 6.07) is 6.88. The van der Waals surface area contributed by atoms with Gasteiger partial charge in [-0.3, -0.25) is 9.59 Å². The number of hydrogen-bond acceptors (Lipinski definition) is 4. The van der Waals surface area contributed by atoms with Gasteiger partial charge in [0, 0.05) is 44.4 Å². The van der Waals surface area contributed by atoms with Crippen LogP contribution >= 0.6 is 0 Å². The molecule has 1 aliphatic rings. The van der Waals surface area contributed by atoms with Crippen LogP contribution < -0.4 is 5.32 Å². The number of amides is 3. The first-order valence-electron chi connectivity index (χ1n) is 8.95. The maximum Gasteiger partial charge on any atom is 0.409 e. The van der Waals surface area contributed by atoms with E-state index in [9.17, 15) is 14.4 Å². The quantitative estimate of drug-likeness (QED) is 0.894. The maximum atomic E-state index is 12.8. The fourth-order valence-corrected chi connectivity index (χ4v) is 2.75. The zero-order chi connectivity index (χ0) is 19.1. The lowest BCUT2D eigenvalue weighted by atomic mass is 10.1. The normalized spacial score (nSPS) is 14.8.